The average molecular weight is 418 g/mol. The van der Waals surface area contributed by atoms with Gasteiger partial charge in [-0.05, 0) is 35.9 Å². The maximum absolute atomic E-state index is 14.6. The zero-order valence-electron chi connectivity index (χ0n) is 15.8. The molecule has 2 aromatic carbocycles. The summed E-state index contributed by atoms with van der Waals surface area (Å²) >= 11 is 5.86. The van der Waals surface area contributed by atoms with Crippen LogP contribution in [0.2, 0.25) is 5.02 Å². The summed E-state index contributed by atoms with van der Waals surface area (Å²) in [4.78, 5) is 20.0. The number of aliphatic imine (C=N–C) groups is 1. The smallest absolute Gasteiger partial charge is 0.414 e. The summed E-state index contributed by atoms with van der Waals surface area (Å²) < 4.78 is 25.3. The van der Waals surface area contributed by atoms with E-state index in [1.165, 1.54) is 11.0 Å². The molecule has 0 saturated carbocycles. The van der Waals surface area contributed by atoms with E-state index < -0.39 is 6.09 Å². The molecule has 0 aromatic heterocycles. The number of anilines is 2. The quantitative estimate of drug-likeness (QED) is 0.695. The van der Waals surface area contributed by atoms with Crippen LogP contribution < -0.4 is 9.80 Å². The Morgan fingerprint density at radius 3 is 2.66 bits per heavy atom. The van der Waals surface area contributed by atoms with Gasteiger partial charge in [-0.2, -0.15) is 0 Å². The second-order valence-corrected chi connectivity index (χ2v) is 7.33. The lowest BCUT2D eigenvalue weighted by atomic mass is 10.2. The summed E-state index contributed by atoms with van der Waals surface area (Å²) in [5.74, 6) is -0.360. The molecule has 2 aromatic rings. The highest BCUT2D eigenvalue weighted by Crippen LogP contribution is 2.28. The molecule has 0 aliphatic carbocycles. The first-order chi connectivity index (χ1) is 14.1. The van der Waals surface area contributed by atoms with Crippen LogP contribution in [-0.2, 0) is 9.47 Å². The van der Waals surface area contributed by atoms with Gasteiger partial charge < -0.3 is 14.4 Å². The van der Waals surface area contributed by atoms with Crippen LogP contribution in [0.25, 0.3) is 0 Å². The number of carbonyl (C=O) groups is 1. The van der Waals surface area contributed by atoms with Gasteiger partial charge in [0.05, 0.1) is 37.7 Å². The van der Waals surface area contributed by atoms with Gasteiger partial charge in [0.1, 0.15) is 11.9 Å². The molecule has 2 saturated heterocycles. The molecule has 1 amide bonds. The summed E-state index contributed by atoms with van der Waals surface area (Å²) in [5.41, 5.74) is 1.92. The van der Waals surface area contributed by atoms with E-state index in [1.807, 2.05) is 17.0 Å². The van der Waals surface area contributed by atoms with Crippen molar-refractivity contribution in [1.82, 2.24) is 0 Å². The first-order valence-corrected chi connectivity index (χ1v) is 9.84. The fourth-order valence-electron chi connectivity index (χ4n) is 3.38. The number of hydrogen-bond donors (Lipinski definition) is 0. The topological polar surface area (TPSA) is 54.4 Å². The maximum atomic E-state index is 14.6. The second-order valence-electron chi connectivity index (χ2n) is 6.90. The van der Waals surface area contributed by atoms with Crippen molar-refractivity contribution in [2.75, 3.05) is 49.2 Å². The Morgan fingerprint density at radius 2 is 1.93 bits per heavy atom. The summed E-state index contributed by atoms with van der Waals surface area (Å²) in [6.45, 7) is 3.12. The Balaban J connectivity index is 1.38. The number of nitrogens with zero attached hydrogens (tertiary/aromatic N) is 3. The summed E-state index contributed by atoms with van der Waals surface area (Å²) in [5, 5.41) is 0.661. The van der Waals surface area contributed by atoms with Crippen molar-refractivity contribution in [2.24, 2.45) is 4.99 Å². The van der Waals surface area contributed by atoms with E-state index in [0.29, 0.717) is 55.8 Å². The Labute approximate surface area is 173 Å². The number of benzene rings is 2. The largest absolute Gasteiger partial charge is 0.442 e. The van der Waals surface area contributed by atoms with Gasteiger partial charge in [0.2, 0.25) is 0 Å². The SMILES string of the molecule is O=C1OC(C/N=C/c2ccc(Cl)cc2)CN1c1ccc(N2CCOCC2)c(F)c1. The summed E-state index contributed by atoms with van der Waals surface area (Å²) in [6.07, 6.45) is 0.840. The molecular formula is C21H21ClFN3O3. The molecule has 1 atom stereocenters. The Kier molecular flexibility index (Phi) is 5.97. The molecule has 2 fully saturated rings. The molecule has 152 valence electrons. The van der Waals surface area contributed by atoms with Crippen molar-refractivity contribution in [1.29, 1.82) is 0 Å². The highest BCUT2D eigenvalue weighted by Gasteiger charge is 2.32. The normalized spacial score (nSPS) is 19.8. The number of morpholine rings is 1. The third kappa shape index (κ3) is 4.68. The molecule has 0 N–H and O–H groups in total. The van der Waals surface area contributed by atoms with Gasteiger partial charge in [0.15, 0.2) is 0 Å². The van der Waals surface area contributed by atoms with Crippen molar-refractivity contribution >= 4 is 35.3 Å². The lowest BCUT2D eigenvalue weighted by Gasteiger charge is -2.29. The van der Waals surface area contributed by atoms with Crippen LogP contribution in [0.1, 0.15) is 5.56 Å². The first kappa shape index (κ1) is 19.7. The van der Waals surface area contributed by atoms with Crippen LogP contribution in [0.4, 0.5) is 20.6 Å². The van der Waals surface area contributed by atoms with Crippen molar-refractivity contribution in [3.63, 3.8) is 0 Å². The fourth-order valence-corrected chi connectivity index (χ4v) is 3.50. The zero-order valence-corrected chi connectivity index (χ0v) is 16.5. The maximum Gasteiger partial charge on any atom is 0.414 e. The molecule has 2 aliphatic heterocycles. The molecule has 2 heterocycles. The van der Waals surface area contributed by atoms with E-state index in [4.69, 9.17) is 21.1 Å². The van der Waals surface area contributed by atoms with Gasteiger partial charge in [0.25, 0.3) is 0 Å². The minimum absolute atomic E-state index is 0.327. The molecule has 0 bridgehead atoms. The lowest BCUT2D eigenvalue weighted by Crippen LogP contribution is -2.36. The highest BCUT2D eigenvalue weighted by molar-refractivity contribution is 6.30. The van der Waals surface area contributed by atoms with Crippen LogP contribution in [0.15, 0.2) is 47.5 Å². The van der Waals surface area contributed by atoms with Gasteiger partial charge >= 0.3 is 6.09 Å². The second kappa shape index (κ2) is 8.80. The third-order valence-electron chi connectivity index (χ3n) is 4.89. The molecular weight excluding hydrogens is 397 g/mol. The number of hydrogen-bond acceptors (Lipinski definition) is 5. The molecule has 29 heavy (non-hydrogen) atoms. The van der Waals surface area contributed by atoms with Crippen molar-refractivity contribution in [3.8, 4) is 0 Å². The van der Waals surface area contributed by atoms with E-state index in [1.54, 1.807) is 30.5 Å². The Morgan fingerprint density at radius 1 is 1.17 bits per heavy atom. The van der Waals surface area contributed by atoms with E-state index in [0.717, 1.165) is 5.56 Å². The van der Waals surface area contributed by atoms with Crippen LogP contribution >= 0.6 is 11.6 Å². The van der Waals surface area contributed by atoms with Crippen molar-refractivity contribution in [3.05, 3.63) is 58.9 Å². The number of rotatable bonds is 5. The van der Waals surface area contributed by atoms with Crippen LogP contribution in [-0.4, -0.2) is 57.8 Å². The van der Waals surface area contributed by atoms with Gasteiger partial charge in [0, 0.05) is 24.3 Å². The molecule has 8 heteroatoms. The number of carbonyl (C=O) groups excluding carboxylic acids is 1. The lowest BCUT2D eigenvalue weighted by molar-refractivity contribution is 0.122. The van der Waals surface area contributed by atoms with Gasteiger partial charge in [-0.25, -0.2) is 9.18 Å². The number of cyclic esters (lactones) is 1. The zero-order chi connectivity index (χ0) is 20.2. The highest BCUT2D eigenvalue weighted by atomic mass is 35.5. The van der Waals surface area contributed by atoms with Crippen molar-refractivity contribution < 1.29 is 18.7 Å². The number of ether oxygens (including phenoxy) is 2. The van der Waals surface area contributed by atoms with Gasteiger partial charge in [-0.15, -0.1) is 0 Å². The average Bonchev–Trinajstić information content (AvgIpc) is 3.10. The Bertz CT molecular complexity index is 901. The van der Waals surface area contributed by atoms with Crippen LogP contribution in [0, 0.1) is 5.82 Å². The third-order valence-corrected chi connectivity index (χ3v) is 5.14. The minimum Gasteiger partial charge on any atom is -0.442 e. The number of halogens is 2. The van der Waals surface area contributed by atoms with E-state index >= 15 is 0 Å². The van der Waals surface area contributed by atoms with E-state index in [2.05, 4.69) is 4.99 Å². The summed E-state index contributed by atoms with van der Waals surface area (Å²) in [6, 6.07) is 12.1. The van der Waals surface area contributed by atoms with Gasteiger partial charge in [-0.3, -0.25) is 9.89 Å². The van der Waals surface area contributed by atoms with E-state index in [-0.39, 0.29) is 11.9 Å². The van der Waals surface area contributed by atoms with Crippen LogP contribution in [0.5, 0.6) is 0 Å². The fraction of sp³-hybridized carbons (Fsp3) is 0.333. The van der Waals surface area contributed by atoms with Crippen LogP contribution in [0.3, 0.4) is 0 Å². The summed E-state index contributed by atoms with van der Waals surface area (Å²) in [7, 11) is 0. The number of amides is 1. The minimum atomic E-state index is -0.491. The van der Waals surface area contributed by atoms with Gasteiger partial charge in [-0.1, -0.05) is 23.7 Å². The molecule has 6 nitrogen and oxygen atoms in total. The molecule has 0 radical (unpaired) electrons. The standard InChI is InChI=1S/C21H21ClFN3O3/c22-16-3-1-15(2-4-16)12-24-13-18-14-26(21(27)29-18)17-5-6-20(19(23)11-17)25-7-9-28-10-8-25/h1-6,11-12,18H,7-10,13-14H2/b24-12+. The predicted molar refractivity (Wildman–Crippen MR) is 111 cm³/mol. The molecule has 1 unspecified atom stereocenters. The van der Waals surface area contributed by atoms with Crippen molar-refractivity contribution in [2.45, 2.75) is 6.10 Å². The molecule has 2 aliphatic rings. The Hall–Kier alpha value is -2.64. The van der Waals surface area contributed by atoms with E-state index in [9.17, 15) is 9.18 Å². The molecule has 0 spiro atoms. The first-order valence-electron chi connectivity index (χ1n) is 9.46. The predicted octanol–water partition coefficient (Wildman–Crippen LogP) is 3.76. The molecule has 4 rings (SSSR count). The monoisotopic (exact) mass is 417 g/mol.